The van der Waals surface area contributed by atoms with Gasteiger partial charge in [-0.15, -0.1) is 0 Å². The van der Waals surface area contributed by atoms with Gasteiger partial charge in [-0.3, -0.25) is 4.79 Å². The maximum Gasteiger partial charge on any atom is 0.271 e. The number of benzene rings is 3. The number of nitrogens with zero attached hydrogens (tertiary/aromatic N) is 1. The SMILES string of the molecule is Cc1ccc(COc2ccccc2/C=N\NC(=O)c2ccc(Cl)cc2)cc1. The fraction of sp³-hybridized carbons (Fsp3) is 0.0909. The zero-order chi connectivity index (χ0) is 19.1. The van der Waals surface area contributed by atoms with Crippen molar-refractivity contribution in [2.24, 2.45) is 5.10 Å². The molecule has 4 nitrogen and oxygen atoms in total. The van der Waals surface area contributed by atoms with Crippen LogP contribution in [0.1, 0.15) is 27.0 Å². The van der Waals surface area contributed by atoms with Gasteiger partial charge in [0.25, 0.3) is 5.91 Å². The Labute approximate surface area is 163 Å². The van der Waals surface area contributed by atoms with Gasteiger partial charge in [-0.1, -0.05) is 53.6 Å². The first kappa shape index (κ1) is 18.7. The fourth-order valence-corrected chi connectivity index (χ4v) is 2.52. The Kier molecular flexibility index (Phi) is 6.23. The third-order valence-electron chi connectivity index (χ3n) is 3.91. The van der Waals surface area contributed by atoms with Gasteiger partial charge >= 0.3 is 0 Å². The Balaban J connectivity index is 1.62. The number of halogens is 1. The van der Waals surface area contributed by atoms with Crippen molar-refractivity contribution < 1.29 is 9.53 Å². The molecule has 0 aromatic heterocycles. The first-order chi connectivity index (χ1) is 13.1. The largest absolute Gasteiger partial charge is 0.488 e. The maximum atomic E-state index is 12.1. The molecule has 3 rings (SSSR count). The second-order valence-electron chi connectivity index (χ2n) is 6.02. The molecule has 0 aliphatic carbocycles. The van der Waals surface area contributed by atoms with Gasteiger partial charge in [-0.05, 0) is 48.9 Å². The van der Waals surface area contributed by atoms with Crippen LogP contribution >= 0.6 is 11.6 Å². The van der Waals surface area contributed by atoms with Crippen LogP contribution in [0.4, 0.5) is 0 Å². The van der Waals surface area contributed by atoms with Gasteiger partial charge < -0.3 is 4.74 Å². The van der Waals surface area contributed by atoms with Crippen molar-refractivity contribution in [2.45, 2.75) is 13.5 Å². The lowest BCUT2D eigenvalue weighted by atomic mass is 10.1. The van der Waals surface area contributed by atoms with E-state index in [0.29, 0.717) is 22.9 Å². The molecular formula is C22H19ClN2O2. The van der Waals surface area contributed by atoms with Crippen LogP contribution < -0.4 is 10.2 Å². The van der Waals surface area contributed by atoms with Gasteiger partial charge in [0.2, 0.25) is 0 Å². The summed E-state index contributed by atoms with van der Waals surface area (Å²) in [5, 5.41) is 4.61. The van der Waals surface area contributed by atoms with Crippen LogP contribution in [0.15, 0.2) is 77.9 Å². The summed E-state index contributed by atoms with van der Waals surface area (Å²) < 4.78 is 5.90. The molecule has 0 unspecified atom stereocenters. The number of hydrogen-bond acceptors (Lipinski definition) is 3. The summed E-state index contributed by atoms with van der Waals surface area (Å²) in [5.74, 6) is 0.392. The van der Waals surface area contributed by atoms with Crippen LogP contribution in [0.25, 0.3) is 0 Å². The van der Waals surface area contributed by atoms with Crippen LogP contribution in [-0.2, 0) is 6.61 Å². The molecule has 0 aliphatic rings. The quantitative estimate of drug-likeness (QED) is 0.485. The van der Waals surface area contributed by atoms with E-state index in [0.717, 1.165) is 11.1 Å². The molecule has 27 heavy (non-hydrogen) atoms. The molecule has 3 aromatic carbocycles. The van der Waals surface area contributed by atoms with Gasteiger partial charge in [-0.25, -0.2) is 5.43 Å². The normalized spacial score (nSPS) is 10.7. The van der Waals surface area contributed by atoms with Crippen molar-refractivity contribution in [3.63, 3.8) is 0 Å². The zero-order valence-electron chi connectivity index (χ0n) is 14.9. The lowest BCUT2D eigenvalue weighted by molar-refractivity contribution is 0.0955. The highest BCUT2D eigenvalue weighted by Crippen LogP contribution is 2.18. The molecule has 0 fully saturated rings. The van der Waals surface area contributed by atoms with Gasteiger partial charge in [-0.2, -0.15) is 5.10 Å². The minimum Gasteiger partial charge on any atom is -0.488 e. The number of amides is 1. The Morgan fingerprint density at radius 2 is 1.74 bits per heavy atom. The fourth-order valence-electron chi connectivity index (χ4n) is 2.39. The van der Waals surface area contributed by atoms with E-state index in [1.165, 1.54) is 5.56 Å². The highest BCUT2D eigenvalue weighted by molar-refractivity contribution is 6.30. The summed E-state index contributed by atoms with van der Waals surface area (Å²) in [7, 11) is 0. The number of nitrogens with one attached hydrogen (secondary N) is 1. The highest BCUT2D eigenvalue weighted by atomic mass is 35.5. The summed E-state index contributed by atoms with van der Waals surface area (Å²) in [6.45, 7) is 2.51. The van der Waals surface area contributed by atoms with Crippen molar-refractivity contribution in [1.29, 1.82) is 0 Å². The molecule has 136 valence electrons. The molecule has 0 radical (unpaired) electrons. The lowest BCUT2D eigenvalue weighted by Gasteiger charge is -2.09. The van der Waals surface area contributed by atoms with Crippen molar-refractivity contribution in [2.75, 3.05) is 0 Å². The van der Waals surface area contributed by atoms with Gasteiger partial charge in [0.05, 0.1) is 6.21 Å². The summed E-state index contributed by atoms with van der Waals surface area (Å²) in [6, 6.07) is 22.3. The number of carbonyl (C=O) groups is 1. The van der Waals surface area contributed by atoms with E-state index in [-0.39, 0.29) is 5.91 Å². The molecule has 3 aromatic rings. The molecular weight excluding hydrogens is 360 g/mol. The van der Waals surface area contributed by atoms with Crippen LogP contribution in [0.5, 0.6) is 5.75 Å². The number of hydrogen-bond donors (Lipinski definition) is 1. The van der Waals surface area contributed by atoms with Gasteiger partial charge in [0.1, 0.15) is 12.4 Å². The van der Waals surface area contributed by atoms with Crippen LogP contribution in [0, 0.1) is 6.92 Å². The summed E-state index contributed by atoms with van der Waals surface area (Å²) in [4.78, 5) is 12.1. The molecule has 5 heteroatoms. The topological polar surface area (TPSA) is 50.7 Å². The summed E-state index contributed by atoms with van der Waals surface area (Å²) in [6.07, 6.45) is 1.57. The first-order valence-electron chi connectivity index (χ1n) is 8.48. The molecule has 1 amide bonds. The van der Waals surface area contributed by atoms with Gasteiger partial charge in [0.15, 0.2) is 0 Å². The molecule has 1 N–H and O–H groups in total. The van der Waals surface area contributed by atoms with Crippen molar-refractivity contribution in [1.82, 2.24) is 5.43 Å². The summed E-state index contributed by atoms with van der Waals surface area (Å²) in [5.41, 5.74) is 6.07. The monoisotopic (exact) mass is 378 g/mol. The number of carbonyl (C=O) groups excluding carboxylic acids is 1. The minimum atomic E-state index is -0.305. The van der Waals surface area contributed by atoms with Gasteiger partial charge in [0, 0.05) is 16.1 Å². The Morgan fingerprint density at radius 3 is 2.48 bits per heavy atom. The molecule has 0 saturated heterocycles. The van der Waals surface area contributed by atoms with E-state index in [4.69, 9.17) is 16.3 Å². The van der Waals surface area contributed by atoms with Crippen molar-refractivity contribution >= 4 is 23.7 Å². The van der Waals surface area contributed by atoms with E-state index < -0.39 is 0 Å². The molecule has 0 saturated carbocycles. The second-order valence-corrected chi connectivity index (χ2v) is 6.45. The van der Waals surface area contributed by atoms with E-state index in [9.17, 15) is 4.79 Å². The maximum absolute atomic E-state index is 12.1. The van der Waals surface area contributed by atoms with Crippen LogP contribution in [0.2, 0.25) is 5.02 Å². The number of hydrazone groups is 1. The number of ether oxygens (including phenoxy) is 1. The average molecular weight is 379 g/mol. The Morgan fingerprint density at radius 1 is 1.04 bits per heavy atom. The van der Waals surface area contributed by atoms with Crippen LogP contribution in [0.3, 0.4) is 0 Å². The smallest absolute Gasteiger partial charge is 0.271 e. The zero-order valence-corrected chi connectivity index (χ0v) is 15.6. The molecule has 0 atom stereocenters. The second kappa shape index (κ2) is 9.01. The Bertz CT molecular complexity index is 935. The number of rotatable bonds is 6. The van der Waals surface area contributed by atoms with E-state index in [2.05, 4.69) is 29.6 Å². The third kappa shape index (κ3) is 5.43. The number of para-hydroxylation sites is 1. The molecule has 0 aliphatic heterocycles. The lowest BCUT2D eigenvalue weighted by Crippen LogP contribution is -2.17. The Hall–Kier alpha value is -3.11. The molecule has 0 spiro atoms. The molecule has 0 bridgehead atoms. The summed E-state index contributed by atoms with van der Waals surface area (Å²) >= 11 is 5.82. The predicted molar refractivity (Wildman–Crippen MR) is 108 cm³/mol. The molecule has 0 heterocycles. The van der Waals surface area contributed by atoms with E-state index in [1.807, 2.05) is 36.4 Å². The standard InChI is InChI=1S/C22H19ClN2O2/c1-16-6-8-17(9-7-16)15-27-21-5-3-2-4-19(21)14-24-25-22(26)18-10-12-20(23)13-11-18/h2-14H,15H2,1H3,(H,25,26)/b24-14-. The highest BCUT2D eigenvalue weighted by Gasteiger charge is 2.04. The average Bonchev–Trinajstić information content (AvgIpc) is 2.69. The first-order valence-corrected chi connectivity index (χ1v) is 8.86. The third-order valence-corrected chi connectivity index (χ3v) is 4.16. The van der Waals surface area contributed by atoms with Crippen molar-refractivity contribution in [3.8, 4) is 5.75 Å². The number of aryl methyl sites for hydroxylation is 1. The minimum absolute atomic E-state index is 0.305. The van der Waals surface area contributed by atoms with Crippen LogP contribution in [-0.4, -0.2) is 12.1 Å². The van der Waals surface area contributed by atoms with E-state index in [1.54, 1.807) is 30.5 Å². The van der Waals surface area contributed by atoms with Crippen molar-refractivity contribution in [3.05, 3.63) is 100 Å². The predicted octanol–water partition coefficient (Wildman–Crippen LogP) is 4.99. The van der Waals surface area contributed by atoms with E-state index >= 15 is 0 Å².